The van der Waals surface area contributed by atoms with Crippen molar-refractivity contribution in [1.82, 2.24) is 19.7 Å². The Hall–Kier alpha value is -2.86. The van der Waals surface area contributed by atoms with Crippen LogP contribution in [0.2, 0.25) is 5.02 Å². The van der Waals surface area contributed by atoms with Gasteiger partial charge in [0.05, 0.1) is 5.69 Å². The summed E-state index contributed by atoms with van der Waals surface area (Å²) in [6, 6.07) is 15.8. The van der Waals surface area contributed by atoms with Crippen LogP contribution in [0.5, 0.6) is 0 Å². The van der Waals surface area contributed by atoms with Gasteiger partial charge < -0.3 is 9.80 Å². The summed E-state index contributed by atoms with van der Waals surface area (Å²) in [5.74, 6) is 0.640. The predicted molar refractivity (Wildman–Crippen MR) is 119 cm³/mol. The maximum absolute atomic E-state index is 12.9. The molecule has 1 fully saturated rings. The Morgan fingerprint density at radius 2 is 1.63 bits per heavy atom. The van der Waals surface area contributed by atoms with Gasteiger partial charge in [-0.25, -0.2) is 9.67 Å². The van der Waals surface area contributed by atoms with Crippen LogP contribution in [0.1, 0.15) is 41.3 Å². The van der Waals surface area contributed by atoms with Gasteiger partial charge in [-0.2, -0.15) is 0 Å². The first-order valence-electron chi connectivity index (χ1n) is 10.3. The Kier molecular flexibility index (Phi) is 6.04. The van der Waals surface area contributed by atoms with E-state index in [0.29, 0.717) is 17.4 Å². The third kappa shape index (κ3) is 4.49. The lowest BCUT2D eigenvalue weighted by molar-refractivity contribution is 0.0773. The molecule has 0 bridgehead atoms. The van der Waals surface area contributed by atoms with Gasteiger partial charge in [-0.15, -0.1) is 5.10 Å². The number of carbonyl (C=O) groups excluding carboxylic acids is 1. The van der Waals surface area contributed by atoms with Crippen molar-refractivity contribution in [3.8, 4) is 5.69 Å². The van der Waals surface area contributed by atoms with E-state index in [1.165, 1.54) is 24.9 Å². The van der Waals surface area contributed by atoms with Crippen LogP contribution in [0.3, 0.4) is 0 Å². The number of piperidine rings is 1. The molecule has 0 atom stereocenters. The highest BCUT2D eigenvalue weighted by molar-refractivity contribution is 6.30. The highest BCUT2D eigenvalue weighted by Crippen LogP contribution is 2.21. The number of amides is 1. The van der Waals surface area contributed by atoms with Crippen molar-refractivity contribution in [2.75, 3.05) is 25.0 Å². The van der Waals surface area contributed by atoms with Crippen molar-refractivity contribution >= 4 is 23.2 Å². The van der Waals surface area contributed by atoms with Gasteiger partial charge in [0.2, 0.25) is 5.82 Å². The summed E-state index contributed by atoms with van der Waals surface area (Å²) in [5.41, 5.74) is 3.16. The Balaban J connectivity index is 1.43. The molecular formula is C23H26ClN5O. The van der Waals surface area contributed by atoms with Gasteiger partial charge in [0.15, 0.2) is 0 Å². The average molecular weight is 424 g/mol. The number of hydrogen-bond acceptors (Lipinski definition) is 4. The molecule has 1 saturated heterocycles. The molecule has 2 aromatic carbocycles. The summed E-state index contributed by atoms with van der Waals surface area (Å²) in [5, 5.41) is 5.06. The Morgan fingerprint density at radius 3 is 2.30 bits per heavy atom. The van der Waals surface area contributed by atoms with Crippen LogP contribution in [0.15, 0.2) is 48.5 Å². The smallest absolute Gasteiger partial charge is 0.293 e. The minimum absolute atomic E-state index is 0.190. The second-order valence-electron chi connectivity index (χ2n) is 7.75. The van der Waals surface area contributed by atoms with Gasteiger partial charge in [0, 0.05) is 37.4 Å². The van der Waals surface area contributed by atoms with E-state index >= 15 is 0 Å². The lowest BCUT2D eigenvalue weighted by atomic mass is 10.1. The van der Waals surface area contributed by atoms with Crippen LogP contribution in [0, 0.1) is 6.92 Å². The standard InChI is InChI=1S/C23H26ClN5O/c1-17-25-22(26-29(17)21-12-8-19(24)9-13-21)23(30)27(2)16-18-6-10-20(11-7-18)28-14-4-3-5-15-28/h6-13H,3-5,14-16H2,1-2H3. The quantitative estimate of drug-likeness (QED) is 0.606. The molecule has 1 aliphatic heterocycles. The lowest BCUT2D eigenvalue weighted by Crippen LogP contribution is -2.29. The van der Waals surface area contributed by atoms with E-state index in [2.05, 4.69) is 39.2 Å². The zero-order valence-corrected chi connectivity index (χ0v) is 18.1. The number of aryl methyl sites for hydroxylation is 1. The van der Waals surface area contributed by atoms with Crippen molar-refractivity contribution in [3.63, 3.8) is 0 Å². The Bertz CT molecular complexity index is 1010. The second kappa shape index (κ2) is 8.88. The highest BCUT2D eigenvalue weighted by Gasteiger charge is 2.19. The normalized spacial score (nSPS) is 14.0. The van der Waals surface area contributed by atoms with Gasteiger partial charge in [-0.05, 0) is 68.1 Å². The van der Waals surface area contributed by atoms with E-state index in [1.807, 2.05) is 19.1 Å². The van der Waals surface area contributed by atoms with Crippen molar-refractivity contribution in [2.24, 2.45) is 0 Å². The van der Waals surface area contributed by atoms with Crippen molar-refractivity contribution in [2.45, 2.75) is 32.7 Å². The molecule has 1 aromatic heterocycles. The predicted octanol–water partition coefficient (Wildman–Crippen LogP) is 4.49. The molecule has 1 aliphatic rings. The molecule has 7 heteroatoms. The summed E-state index contributed by atoms with van der Waals surface area (Å²) < 4.78 is 1.66. The number of anilines is 1. The Morgan fingerprint density at radius 1 is 1.00 bits per heavy atom. The van der Waals surface area contributed by atoms with Crippen LogP contribution in [-0.4, -0.2) is 45.7 Å². The molecule has 0 unspecified atom stereocenters. The first-order valence-corrected chi connectivity index (χ1v) is 10.7. The number of carbonyl (C=O) groups is 1. The fourth-order valence-electron chi connectivity index (χ4n) is 3.79. The molecule has 2 heterocycles. The fourth-order valence-corrected chi connectivity index (χ4v) is 3.91. The highest BCUT2D eigenvalue weighted by atomic mass is 35.5. The molecule has 156 valence electrons. The number of nitrogens with zero attached hydrogens (tertiary/aromatic N) is 5. The monoisotopic (exact) mass is 423 g/mol. The van der Waals surface area contributed by atoms with Crippen LogP contribution in [0.25, 0.3) is 5.69 Å². The average Bonchev–Trinajstić information content (AvgIpc) is 3.16. The molecule has 3 aromatic rings. The van der Waals surface area contributed by atoms with E-state index in [-0.39, 0.29) is 11.7 Å². The molecule has 0 N–H and O–H groups in total. The van der Waals surface area contributed by atoms with Gasteiger partial charge in [-0.1, -0.05) is 23.7 Å². The number of rotatable bonds is 5. The van der Waals surface area contributed by atoms with Gasteiger partial charge in [0.25, 0.3) is 5.91 Å². The van der Waals surface area contributed by atoms with Crippen LogP contribution in [-0.2, 0) is 6.54 Å². The van der Waals surface area contributed by atoms with Crippen molar-refractivity contribution < 1.29 is 4.79 Å². The number of hydrogen-bond donors (Lipinski definition) is 0. The summed E-state index contributed by atoms with van der Waals surface area (Å²) in [6.07, 6.45) is 3.84. The first kappa shape index (κ1) is 20.4. The van der Waals surface area contributed by atoms with Crippen LogP contribution in [0.4, 0.5) is 5.69 Å². The molecule has 0 radical (unpaired) electrons. The fraction of sp³-hybridized carbons (Fsp3) is 0.348. The van der Waals surface area contributed by atoms with Crippen molar-refractivity contribution in [1.29, 1.82) is 0 Å². The molecule has 1 amide bonds. The van der Waals surface area contributed by atoms with E-state index in [9.17, 15) is 4.79 Å². The molecule has 30 heavy (non-hydrogen) atoms. The van der Waals surface area contributed by atoms with E-state index < -0.39 is 0 Å². The molecule has 0 saturated carbocycles. The van der Waals surface area contributed by atoms with Gasteiger partial charge in [0.1, 0.15) is 5.82 Å². The van der Waals surface area contributed by atoms with E-state index in [0.717, 1.165) is 24.3 Å². The maximum Gasteiger partial charge on any atom is 0.293 e. The van der Waals surface area contributed by atoms with Crippen LogP contribution >= 0.6 is 11.6 Å². The maximum atomic E-state index is 12.9. The summed E-state index contributed by atoms with van der Waals surface area (Å²) in [7, 11) is 1.78. The zero-order chi connectivity index (χ0) is 21.1. The van der Waals surface area contributed by atoms with Gasteiger partial charge >= 0.3 is 0 Å². The lowest BCUT2D eigenvalue weighted by Gasteiger charge is -2.29. The molecular weight excluding hydrogens is 398 g/mol. The number of benzene rings is 2. The molecule has 6 nitrogen and oxygen atoms in total. The minimum atomic E-state index is -0.203. The third-order valence-corrected chi connectivity index (χ3v) is 5.71. The summed E-state index contributed by atoms with van der Waals surface area (Å²) in [6.45, 7) is 4.59. The molecule has 0 aliphatic carbocycles. The van der Waals surface area contributed by atoms with Crippen LogP contribution < -0.4 is 4.90 Å². The largest absolute Gasteiger partial charge is 0.372 e. The number of aromatic nitrogens is 3. The first-order chi connectivity index (χ1) is 14.5. The van der Waals surface area contributed by atoms with E-state index in [4.69, 9.17) is 11.6 Å². The van der Waals surface area contributed by atoms with Gasteiger partial charge in [-0.3, -0.25) is 4.79 Å². The summed E-state index contributed by atoms with van der Waals surface area (Å²) >= 11 is 5.96. The SMILES string of the molecule is Cc1nc(C(=O)N(C)Cc2ccc(N3CCCCC3)cc2)nn1-c1ccc(Cl)cc1. The molecule has 0 spiro atoms. The topological polar surface area (TPSA) is 54.3 Å². The zero-order valence-electron chi connectivity index (χ0n) is 17.4. The Labute approximate surface area is 182 Å². The minimum Gasteiger partial charge on any atom is -0.372 e. The summed E-state index contributed by atoms with van der Waals surface area (Å²) in [4.78, 5) is 21.3. The van der Waals surface area contributed by atoms with Crippen molar-refractivity contribution in [3.05, 3.63) is 70.8 Å². The third-order valence-electron chi connectivity index (χ3n) is 5.46. The van der Waals surface area contributed by atoms with E-state index in [1.54, 1.807) is 28.8 Å². The molecule has 4 rings (SSSR count). The number of halogens is 1. The second-order valence-corrected chi connectivity index (χ2v) is 8.18.